The summed E-state index contributed by atoms with van der Waals surface area (Å²) in [6.45, 7) is 0. The van der Waals surface area contributed by atoms with Crippen molar-refractivity contribution >= 4 is 45.7 Å². The monoisotopic (exact) mass is 473 g/mol. The van der Waals surface area contributed by atoms with Gasteiger partial charge in [0.25, 0.3) is 5.91 Å². The van der Waals surface area contributed by atoms with Gasteiger partial charge in [0.05, 0.1) is 10.6 Å². The van der Waals surface area contributed by atoms with E-state index in [1.807, 2.05) is 0 Å². The van der Waals surface area contributed by atoms with Crippen LogP contribution in [-0.4, -0.2) is 21.4 Å². The molecular formula is C19H15ClF3N3O2S2. The Morgan fingerprint density at radius 1 is 1.20 bits per heavy atom. The van der Waals surface area contributed by atoms with Crippen LogP contribution in [0.5, 0.6) is 0 Å². The average Bonchev–Trinajstić information content (AvgIpc) is 3.43. The lowest BCUT2D eigenvalue weighted by atomic mass is 10.1. The van der Waals surface area contributed by atoms with Crippen LogP contribution >= 0.6 is 34.7 Å². The first-order valence-electron chi connectivity index (χ1n) is 9.08. The maximum absolute atomic E-state index is 13.0. The zero-order chi connectivity index (χ0) is 21.3. The van der Waals surface area contributed by atoms with E-state index in [1.54, 1.807) is 11.8 Å². The fourth-order valence-electron chi connectivity index (χ4n) is 3.11. The number of anilines is 1. The second-order valence-electron chi connectivity index (χ2n) is 6.71. The average molecular weight is 474 g/mol. The molecule has 0 unspecified atom stereocenters. The van der Waals surface area contributed by atoms with Crippen molar-refractivity contribution in [3.05, 3.63) is 46.7 Å². The van der Waals surface area contributed by atoms with Gasteiger partial charge in [-0.1, -0.05) is 47.5 Å². The quantitative estimate of drug-likeness (QED) is 0.415. The van der Waals surface area contributed by atoms with Gasteiger partial charge in [0, 0.05) is 10.8 Å². The lowest BCUT2D eigenvalue weighted by Crippen LogP contribution is -2.10. The predicted octanol–water partition coefficient (Wildman–Crippen LogP) is 6.76. The highest BCUT2D eigenvalue weighted by Crippen LogP contribution is 2.38. The maximum atomic E-state index is 13.0. The van der Waals surface area contributed by atoms with Crippen LogP contribution in [-0.2, 0) is 6.18 Å². The fourth-order valence-corrected chi connectivity index (χ4v) is 5.57. The molecule has 1 fully saturated rings. The summed E-state index contributed by atoms with van der Waals surface area (Å²) in [5.41, 5.74) is -0.804. The molecule has 1 aromatic carbocycles. The molecule has 0 aliphatic heterocycles. The van der Waals surface area contributed by atoms with Crippen LogP contribution < -0.4 is 5.32 Å². The summed E-state index contributed by atoms with van der Waals surface area (Å²) < 4.78 is 45.1. The number of aromatic nitrogens is 2. The number of thioether (sulfide) groups is 1. The molecule has 0 atom stereocenters. The van der Waals surface area contributed by atoms with Crippen molar-refractivity contribution in [1.29, 1.82) is 0 Å². The smallest absolute Gasteiger partial charge is 0.416 e. The number of carbonyl (C=O) groups is 1. The van der Waals surface area contributed by atoms with Crippen molar-refractivity contribution in [3.8, 4) is 11.3 Å². The van der Waals surface area contributed by atoms with Crippen LogP contribution in [0.25, 0.3) is 11.3 Å². The minimum Gasteiger partial charge on any atom is -0.451 e. The molecule has 0 bridgehead atoms. The summed E-state index contributed by atoms with van der Waals surface area (Å²) in [4.78, 5) is 12.4. The van der Waals surface area contributed by atoms with E-state index < -0.39 is 17.6 Å². The first kappa shape index (κ1) is 21.2. The van der Waals surface area contributed by atoms with Crippen molar-refractivity contribution in [2.75, 3.05) is 5.32 Å². The molecule has 1 amide bonds. The van der Waals surface area contributed by atoms with Crippen LogP contribution in [0.1, 0.15) is 41.8 Å². The van der Waals surface area contributed by atoms with E-state index in [2.05, 4.69) is 15.5 Å². The number of amides is 1. The predicted molar refractivity (Wildman–Crippen MR) is 110 cm³/mol. The number of benzene rings is 1. The molecule has 2 heterocycles. The number of alkyl halides is 3. The Bertz CT molecular complexity index is 1060. The number of rotatable bonds is 5. The van der Waals surface area contributed by atoms with Gasteiger partial charge in [-0.3, -0.25) is 10.1 Å². The fraction of sp³-hybridized carbons (Fsp3) is 0.316. The first-order chi connectivity index (χ1) is 14.3. The molecule has 158 valence electrons. The summed E-state index contributed by atoms with van der Waals surface area (Å²) in [6.07, 6.45) is 0.226. The summed E-state index contributed by atoms with van der Waals surface area (Å²) in [5, 5.41) is 11.6. The summed E-state index contributed by atoms with van der Waals surface area (Å²) in [5.74, 6) is -0.581. The molecule has 0 saturated heterocycles. The minimum absolute atomic E-state index is 0.0525. The number of halogens is 4. The SMILES string of the molecule is O=C(Nc1nnc(SC2CCCC2)s1)c1ccc(-c2cc(C(F)(F)F)ccc2Cl)o1. The van der Waals surface area contributed by atoms with Crippen LogP contribution in [0.3, 0.4) is 0 Å². The first-order valence-corrected chi connectivity index (χ1v) is 11.2. The lowest BCUT2D eigenvalue weighted by Gasteiger charge is -2.09. The van der Waals surface area contributed by atoms with E-state index in [4.69, 9.17) is 16.0 Å². The normalized spacial score (nSPS) is 14.9. The van der Waals surface area contributed by atoms with E-state index in [1.165, 1.54) is 36.3 Å². The van der Waals surface area contributed by atoms with Gasteiger partial charge in [-0.25, -0.2) is 0 Å². The number of nitrogens with zero attached hydrogens (tertiary/aromatic N) is 2. The van der Waals surface area contributed by atoms with Crippen molar-refractivity contribution in [2.45, 2.75) is 41.4 Å². The zero-order valence-electron chi connectivity index (χ0n) is 15.3. The van der Waals surface area contributed by atoms with E-state index in [-0.39, 0.29) is 22.1 Å². The zero-order valence-corrected chi connectivity index (χ0v) is 17.7. The summed E-state index contributed by atoms with van der Waals surface area (Å²) in [6, 6.07) is 5.69. The molecule has 4 rings (SSSR count). The van der Waals surface area contributed by atoms with Gasteiger partial charge in [0.1, 0.15) is 5.76 Å². The van der Waals surface area contributed by atoms with Crippen LogP contribution in [0.4, 0.5) is 18.3 Å². The Morgan fingerprint density at radius 2 is 1.97 bits per heavy atom. The maximum Gasteiger partial charge on any atom is 0.416 e. The highest BCUT2D eigenvalue weighted by atomic mass is 35.5. The van der Waals surface area contributed by atoms with Crippen LogP contribution in [0, 0.1) is 0 Å². The third-order valence-electron chi connectivity index (χ3n) is 4.59. The third kappa shape index (κ3) is 4.81. The Hall–Kier alpha value is -2.04. The van der Waals surface area contributed by atoms with Crippen molar-refractivity contribution in [2.24, 2.45) is 0 Å². The second kappa shape index (κ2) is 8.60. The summed E-state index contributed by atoms with van der Waals surface area (Å²) in [7, 11) is 0. The third-order valence-corrected chi connectivity index (χ3v) is 7.18. The number of hydrogen-bond donors (Lipinski definition) is 1. The van der Waals surface area contributed by atoms with Crippen LogP contribution in [0.15, 0.2) is 39.1 Å². The Kier molecular flexibility index (Phi) is 6.08. The summed E-state index contributed by atoms with van der Waals surface area (Å²) >= 11 is 8.96. The number of hydrogen-bond acceptors (Lipinski definition) is 6. The molecule has 1 aliphatic carbocycles. The van der Waals surface area contributed by atoms with E-state index in [0.29, 0.717) is 10.4 Å². The molecule has 2 aromatic heterocycles. The lowest BCUT2D eigenvalue weighted by molar-refractivity contribution is -0.137. The molecular weight excluding hydrogens is 459 g/mol. The van der Waals surface area contributed by atoms with Gasteiger partial charge in [0.2, 0.25) is 5.13 Å². The Balaban J connectivity index is 1.46. The van der Waals surface area contributed by atoms with Gasteiger partial charge >= 0.3 is 6.18 Å². The van der Waals surface area contributed by atoms with Gasteiger partial charge in [-0.2, -0.15) is 13.2 Å². The standard InChI is InChI=1S/C19H15ClF3N3O2S2/c20-13-6-5-10(19(21,22)23)9-12(13)14-7-8-15(28-14)16(27)24-17-25-26-18(30-17)29-11-3-1-2-4-11/h5-9,11H,1-4H2,(H,24,25,27). The molecule has 11 heteroatoms. The Morgan fingerprint density at radius 3 is 2.70 bits per heavy atom. The number of carbonyl (C=O) groups excluding carboxylic acids is 1. The molecule has 1 aliphatic rings. The van der Waals surface area contributed by atoms with Crippen molar-refractivity contribution in [1.82, 2.24) is 10.2 Å². The molecule has 5 nitrogen and oxygen atoms in total. The van der Waals surface area contributed by atoms with Gasteiger partial charge in [-0.15, -0.1) is 10.2 Å². The highest BCUT2D eigenvalue weighted by Gasteiger charge is 2.31. The number of furan rings is 1. The molecule has 0 radical (unpaired) electrons. The minimum atomic E-state index is -4.52. The number of nitrogens with one attached hydrogen (secondary N) is 1. The van der Waals surface area contributed by atoms with E-state index in [9.17, 15) is 18.0 Å². The van der Waals surface area contributed by atoms with Crippen molar-refractivity contribution in [3.63, 3.8) is 0 Å². The largest absolute Gasteiger partial charge is 0.451 e. The molecule has 0 spiro atoms. The molecule has 30 heavy (non-hydrogen) atoms. The molecule has 3 aromatic rings. The van der Waals surface area contributed by atoms with E-state index >= 15 is 0 Å². The topological polar surface area (TPSA) is 68.0 Å². The molecule has 1 saturated carbocycles. The van der Waals surface area contributed by atoms with Crippen molar-refractivity contribution < 1.29 is 22.4 Å². The Labute approximate surface area is 183 Å². The molecule has 1 N–H and O–H groups in total. The van der Waals surface area contributed by atoms with E-state index in [0.717, 1.165) is 35.4 Å². The van der Waals surface area contributed by atoms with Gasteiger partial charge in [-0.05, 0) is 43.2 Å². The van der Waals surface area contributed by atoms with Gasteiger partial charge in [0.15, 0.2) is 10.1 Å². The second-order valence-corrected chi connectivity index (χ2v) is 9.64. The highest BCUT2D eigenvalue weighted by molar-refractivity contribution is 8.01. The van der Waals surface area contributed by atoms with Crippen LogP contribution in [0.2, 0.25) is 5.02 Å². The van der Waals surface area contributed by atoms with Gasteiger partial charge < -0.3 is 4.42 Å².